The topological polar surface area (TPSA) is 59.4 Å². The van der Waals surface area contributed by atoms with Crippen molar-refractivity contribution >= 4 is 5.71 Å². The first-order chi connectivity index (χ1) is 7.15. The molecule has 0 amide bonds. The quantitative estimate of drug-likeness (QED) is 0.595. The minimum atomic E-state index is -0.0322. The molecular formula is C10H15N3O2. The van der Waals surface area contributed by atoms with Crippen LogP contribution in [0.2, 0.25) is 0 Å². The number of hydrogen-bond acceptors (Lipinski definition) is 3. The molecule has 1 aromatic rings. The van der Waals surface area contributed by atoms with Crippen LogP contribution in [-0.4, -0.2) is 22.6 Å². The molecule has 1 N–H and O–H groups in total. The molecule has 82 valence electrons. The molecule has 1 fully saturated rings. The molecule has 15 heavy (non-hydrogen) atoms. The lowest BCUT2D eigenvalue weighted by Gasteiger charge is -1.98. The molecular weight excluding hydrogens is 194 g/mol. The van der Waals surface area contributed by atoms with Gasteiger partial charge in [0.15, 0.2) is 0 Å². The van der Waals surface area contributed by atoms with E-state index in [1.807, 2.05) is 0 Å². The van der Waals surface area contributed by atoms with E-state index in [-0.39, 0.29) is 5.56 Å². The molecule has 1 aliphatic rings. The van der Waals surface area contributed by atoms with Crippen molar-refractivity contribution in [2.75, 3.05) is 7.11 Å². The zero-order chi connectivity index (χ0) is 11.0. The standard InChI is InChI=1S/C10H15N3O2/c1-6(12-15-3)8-9(7-4-5-7)11-13(2)10(8)14/h7,11H,4-5H2,1-3H3/b12-6+. The molecule has 2 rings (SSSR count). The highest BCUT2D eigenvalue weighted by atomic mass is 16.6. The fraction of sp³-hybridized carbons (Fsp3) is 0.600. The molecule has 0 saturated heterocycles. The molecule has 0 radical (unpaired) electrons. The van der Waals surface area contributed by atoms with Gasteiger partial charge in [0.05, 0.1) is 11.3 Å². The summed E-state index contributed by atoms with van der Waals surface area (Å²) in [5.74, 6) is 0.496. The Morgan fingerprint density at radius 2 is 2.27 bits per heavy atom. The predicted octanol–water partition coefficient (Wildman–Crippen LogP) is 0.961. The molecule has 0 aromatic carbocycles. The summed E-state index contributed by atoms with van der Waals surface area (Å²) in [7, 11) is 3.20. The average molecular weight is 209 g/mol. The molecule has 0 spiro atoms. The van der Waals surface area contributed by atoms with Crippen molar-refractivity contribution < 1.29 is 4.84 Å². The summed E-state index contributed by atoms with van der Waals surface area (Å²) in [6, 6.07) is 0. The summed E-state index contributed by atoms with van der Waals surface area (Å²) in [6.45, 7) is 1.79. The third-order valence-electron chi connectivity index (χ3n) is 2.65. The molecule has 0 aliphatic heterocycles. The first kappa shape index (κ1) is 10.0. The second-order valence-electron chi connectivity index (χ2n) is 3.90. The Morgan fingerprint density at radius 1 is 1.60 bits per heavy atom. The summed E-state index contributed by atoms with van der Waals surface area (Å²) < 4.78 is 1.50. The van der Waals surface area contributed by atoms with Crippen molar-refractivity contribution in [3.63, 3.8) is 0 Å². The van der Waals surface area contributed by atoms with Gasteiger partial charge in [-0.25, -0.2) is 0 Å². The van der Waals surface area contributed by atoms with Gasteiger partial charge in [0.1, 0.15) is 7.11 Å². The third-order valence-corrected chi connectivity index (χ3v) is 2.65. The lowest BCUT2D eigenvalue weighted by atomic mass is 10.1. The van der Waals surface area contributed by atoms with Crippen LogP contribution < -0.4 is 5.56 Å². The summed E-state index contributed by atoms with van der Waals surface area (Å²) in [5, 5.41) is 6.91. The van der Waals surface area contributed by atoms with Crippen LogP contribution in [0, 0.1) is 0 Å². The van der Waals surface area contributed by atoms with Crippen molar-refractivity contribution in [1.82, 2.24) is 9.78 Å². The van der Waals surface area contributed by atoms with Crippen molar-refractivity contribution in [2.45, 2.75) is 25.7 Å². The molecule has 1 saturated carbocycles. The first-order valence-electron chi connectivity index (χ1n) is 5.02. The maximum atomic E-state index is 11.8. The highest BCUT2D eigenvalue weighted by molar-refractivity contribution is 5.99. The number of nitrogens with one attached hydrogen (secondary N) is 1. The zero-order valence-electron chi connectivity index (χ0n) is 9.20. The number of nitrogens with zero attached hydrogens (tertiary/aromatic N) is 2. The van der Waals surface area contributed by atoms with Crippen molar-refractivity contribution in [1.29, 1.82) is 0 Å². The lowest BCUT2D eigenvalue weighted by Crippen LogP contribution is -2.18. The molecule has 1 heterocycles. The summed E-state index contributed by atoms with van der Waals surface area (Å²) in [6.07, 6.45) is 2.29. The third kappa shape index (κ3) is 1.69. The van der Waals surface area contributed by atoms with Gasteiger partial charge in [0.2, 0.25) is 0 Å². The van der Waals surface area contributed by atoms with E-state index >= 15 is 0 Å². The fourth-order valence-electron chi connectivity index (χ4n) is 1.77. The van der Waals surface area contributed by atoms with Crippen LogP contribution in [0.3, 0.4) is 0 Å². The largest absolute Gasteiger partial charge is 0.399 e. The van der Waals surface area contributed by atoms with Crippen LogP contribution in [-0.2, 0) is 11.9 Å². The monoisotopic (exact) mass is 209 g/mol. The molecule has 5 heteroatoms. The molecule has 5 nitrogen and oxygen atoms in total. The van der Waals surface area contributed by atoms with Gasteiger partial charge in [0, 0.05) is 18.7 Å². The maximum absolute atomic E-state index is 11.8. The van der Waals surface area contributed by atoms with Gasteiger partial charge in [-0.2, -0.15) is 0 Å². The van der Waals surface area contributed by atoms with Crippen molar-refractivity contribution in [3.05, 3.63) is 21.6 Å². The van der Waals surface area contributed by atoms with Gasteiger partial charge in [-0.1, -0.05) is 5.16 Å². The number of hydrogen-bond donors (Lipinski definition) is 1. The van der Waals surface area contributed by atoms with E-state index in [0.717, 1.165) is 18.5 Å². The number of aryl methyl sites for hydroxylation is 1. The van der Waals surface area contributed by atoms with Crippen LogP contribution in [0.5, 0.6) is 0 Å². The Bertz CT molecular complexity index is 452. The number of rotatable bonds is 3. The van der Waals surface area contributed by atoms with E-state index in [2.05, 4.69) is 10.3 Å². The molecule has 0 bridgehead atoms. The summed E-state index contributed by atoms with van der Waals surface area (Å²) in [4.78, 5) is 16.5. The average Bonchev–Trinajstić information content (AvgIpc) is 2.96. The Hall–Kier alpha value is -1.52. The van der Waals surface area contributed by atoms with Crippen LogP contribution in [0.4, 0.5) is 0 Å². The Kier molecular flexibility index (Phi) is 2.38. The van der Waals surface area contributed by atoms with Crippen molar-refractivity contribution in [2.24, 2.45) is 12.2 Å². The van der Waals surface area contributed by atoms with Crippen LogP contribution in [0.25, 0.3) is 0 Å². The molecule has 1 aliphatic carbocycles. The number of H-pyrrole nitrogens is 1. The van der Waals surface area contributed by atoms with Crippen molar-refractivity contribution in [3.8, 4) is 0 Å². The van der Waals surface area contributed by atoms with Gasteiger partial charge < -0.3 is 4.84 Å². The zero-order valence-corrected chi connectivity index (χ0v) is 9.20. The van der Waals surface area contributed by atoms with E-state index < -0.39 is 0 Å². The highest BCUT2D eigenvalue weighted by Crippen LogP contribution is 2.40. The summed E-state index contributed by atoms with van der Waals surface area (Å²) in [5.41, 5.74) is 2.28. The minimum absolute atomic E-state index is 0.0322. The SMILES string of the molecule is CO/N=C(\C)c1c(C2CC2)[nH]n(C)c1=O. The molecule has 0 unspecified atom stereocenters. The van der Waals surface area contributed by atoms with E-state index in [4.69, 9.17) is 4.84 Å². The van der Waals surface area contributed by atoms with Gasteiger partial charge in [-0.3, -0.25) is 14.6 Å². The molecule has 1 aromatic heterocycles. The van der Waals surface area contributed by atoms with E-state index in [1.54, 1.807) is 14.0 Å². The van der Waals surface area contributed by atoms with E-state index in [9.17, 15) is 4.79 Å². The summed E-state index contributed by atoms with van der Waals surface area (Å²) >= 11 is 0. The second-order valence-corrected chi connectivity index (χ2v) is 3.90. The number of aromatic amines is 1. The first-order valence-corrected chi connectivity index (χ1v) is 5.02. The normalized spacial score (nSPS) is 16.9. The minimum Gasteiger partial charge on any atom is -0.399 e. The smallest absolute Gasteiger partial charge is 0.275 e. The Morgan fingerprint density at radius 3 is 2.80 bits per heavy atom. The predicted molar refractivity (Wildman–Crippen MR) is 57.2 cm³/mol. The van der Waals surface area contributed by atoms with Gasteiger partial charge >= 0.3 is 0 Å². The van der Waals surface area contributed by atoms with Crippen LogP contribution >= 0.6 is 0 Å². The maximum Gasteiger partial charge on any atom is 0.275 e. The fourth-order valence-corrected chi connectivity index (χ4v) is 1.77. The van der Waals surface area contributed by atoms with Crippen LogP contribution in [0.1, 0.15) is 36.9 Å². The highest BCUT2D eigenvalue weighted by Gasteiger charge is 2.30. The molecule has 0 atom stereocenters. The van der Waals surface area contributed by atoms with E-state index in [1.165, 1.54) is 11.8 Å². The number of oxime groups is 1. The van der Waals surface area contributed by atoms with Gasteiger partial charge in [-0.05, 0) is 19.8 Å². The van der Waals surface area contributed by atoms with Gasteiger partial charge in [-0.15, -0.1) is 0 Å². The Balaban J connectivity index is 2.52. The van der Waals surface area contributed by atoms with Crippen LogP contribution in [0.15, 0.2) is 9.95 Å². The lowest BCUT2D eigenvalue weighted by molar-refractivity contribution is 0.213. The second kappa shape index (κ2) is 3.56. The Labute approximate surface area is 87.7 Å². The van der Waals surface area contributed by atoms with Gasteiger partial charge in [0.25, 0.3) is 5.56 Å². The number of aromatic nitrogens is 2. The van der Waals surface area contributed by atoms with E-state index in [0.29, 0.717) is 17.2 Å².